The molecular weight excluding hydrogens is 380 g/mol. The molecule has 112 valence electrons. The number of halogens is 4. The summed E-state index contributed by atoms with van der Waals surface area (Å²) in [6, 6.07) is 9.70. The Morgan fingerprint density at radius 2 is 1.90 bits per heavy atom. The third-order valence-corrected chi connectivity index (χ3v) is 4.81. The summed E-state index contributed by atoms with van der Waals surface area (Å²) in [6.45, 7) is 0.0820. The van der Waals surface area contributed by atoms with E-state index in [-0.39, 0.29) is 11.6 Å². The van der Waals surface area contributed by atoms with Crippen LogP contribution in [0.15, 0.2) is 40.9 Å². The quantitative estimate of drug-likeness (QED) is 0.793. The number of hydrogen-bond acceptors (Lipinski definition) is 2. The molecular formula is C15H13BrCl2FNO. The molecule has 0 spiro atoms. The maximum Gasteiger partial charge on any atom is 0.145 e. The lowest BCUT2D eigenvalue weighted by Crippen LogP contribution is -2.21. The van der Waals surface area contributed by atoms with Gasteiger partial charge in [0.1, 0.15) is 5.82 Å². The first-order valence-corrected chi connectivity index (χ1v) is 7.77. The zero-order valence-electron chi connectivity index (χ0n) is 10.9. The standard InChI is InChI=1S/C15H13BrCl2FNO/c16-11-6-8(4-5-12(11)17)15(21)10(7-20)9-2-1-3-13(18)14(9)19/h1-6,10,15,21H,7,20H2. The van der Waals surface area contributed by atoms with Crippen molar-refractivity contribution in [1.29, 1.82) is 0 Å². The van der Waals surface area contributed by atoms with Crippen LogP contribution < -0.4 is 5.73 Å². The SMILES string of the molecule is NCC(c1cccc(Cl)c1F)C(O)c1ccc(Cl)c(Br)c1. The minimum Gasteiger partial charge on any atom is -0.388 e. The normalized spacial score (nSPS) is 14.0. The second-order valence-electron chi connectivity index (χ2n) is 4.60. The molecule has 2 atom stereocenters. The second-order valence-corrected chi connectivity index (χ2v) is 6.27. The van der Waals surface area contributed by atoms with Gasteiger partial charge in [-0.05, 0) is 45.3 Å². The van der Waals surface area contributed by atoms with Gasteiger partial charge in [-0.15, -0.1) is 0 Å². The Kier molecular flexibility index (Phi) is 5.63. The summed E-state index contributed by atoms with van der Waals surface area (Å²) < 4.78 is 14.8. The van der Waals surface area contributed by atoms with Crippen LogP contribution in [-0.4, -0.2) is 11.7 Å². The molecule has 0 aliphatic rings. The first kappa shape index (κ1) is 16.7. The Morgan fingerprint density at radius 1 is 1.19 bits per heavy atom. The Labute approximate surface area is 140 Å². The van der Waals surface area contributed by atoms with E-state index in [2.05, 4.69) is 15.9 Å². The smallest absolute Gasteiger partial charge is 0.145 e. The molecule has 0 saturated carbocycles. The van der Waals surface area contributed by atoms with E-state index in [1.54, 1.807) is 30.3 Å². The van der Waals surface area contributed by atoms with Crippen LogP contribution in [0.4, 0.5) is 4.39 Å². The molecule has 0 saturated heterocycles. The van der Waals surface area contributed by atoms with Crippen molar-refractivity contribution in [3.8, 4) is 0 Å². The molecule has 3 N–H and O–H groups in total. The van der Waals surface area contributed by atoms with Gasteiger partial charge in [0.2, 0.25) is 0 Å². The maximum atomic E-state index is 14.1. The Hall–Kier alpha value is -0.650. The molecule has 0 aliphatic heterocycles. The summed E-state index contributed by atoms with van der Waals surface area (Å²) >= 11 is 15.0. The van der Waals surface area contributed by atoms with E-state index in [1.807, 2.05) is 0 Å². The molecule has 0 amide bonds. The highest BCUT2D eigenvalue weighted by Gasteiger charge is 2.25. The molecule has 2 rings (SSSR count). The zero-order valence-corrected chi connectivity index (χ0v) is 14.0. The Bertz CT molecular complexity index is 654. The number of nitrogens with two attached hydrogens (primary N) is 1. The van der Waals surface area contributed by atoms with Crippen molar-refractivity contribution in [2.24, 2.45) is 5.73 Å². The van der Waals surface area contributed by atoms with Gasteiger partial charge < -0.3 is 10.8 Å². The molecule has 0 aromatic heterocycles. The Balaban J connectivity index is 2.40. The lowest BCUT2D eigenvalue weighted by atomic mass is 9.89. The Morgan fingerprint density at radius 3 is 2.52 bits per heavy atom. The molecule has 0 heterocycles. The fourth-order valence-corrected chi connectivity index (χ4v) is 2.86. The van der Waals surface area contributed by atoms with E-state index >= 15 is 0 Å². The molecule has 21 heavy (non-hydrogen) atoms. The summed E-state index contributed by atoms with van der Waals surface area (Å²) in [7, 11) is 0. The average molecular weight is 393 g/mol. The fraction of sp³-hybridized carbons (Fsp3) is 0.200. The third-order valence-electron chi connectivity index (χ3n) is 3.30. The van der Waals surface area contributed by atoms with Crippen LogP contribution in [0.2, 0.25) is 10.0 Å². The van der Waals surface area contributed by atoms with Gasteiger partial charge in [-0.2, -0.15) is 0 Å². The van der Waals surface area contributed by atoms with Crippen LogP contribution in [0, 0.1) is 5.82 Å². The van der Waals surface area contributed by atoms with Crippen molar-refractivity contribution in [2.75, 3.05) is 6.54 Å². The lowest BCUT2D eigenvalue weighted by molar-refractivity contribution is 0.145. The molecule has 2 aromatic rings. The van der Waals surface area contributed by atoms with Gasteiger partial charge in [-0.3, -0.25) is 0 Å². The van der Waals surface area contributed by atoms with Crippen molar-refractivity contribution in [2.45, 2.75) is 12.0 Å². The lowest BCUT2D eigenvalue weighted by Gasteiger charge is -2.23. The van der Waals surface area contributed by atoms with Crippen LogP contribution in [0.5, 0.6) is 0 Å². The van der Waals surface area contributed by atoms with E-state index in [9.17, 15) is 9.50 Å². The molecule has 0 fully saturated rings. The molecule has 0 aliphatic carbocycles. The summed E-state index contributed by atoms with van der Waals surface area (Å²) in [5, 5.41) is 11.1. The number of aliphatic hydroxyl groups is 1. The van der Waals surface area contributed by atoms with Crippen molar-refractivity contribution in [3.05, 3.63) is 67.9 Å². The highest BCUT2D eigenvalue weighted by atomic mass is 79.9. The minimum absolute atomic E-state index is 0.00966. The summed E-state index contributed by atoms with van der Waals surface area (Å²) in [6.07, 6.45) is -0.962. The van der Waals surface area contributed by atoms with E-state index in [4.69, 9.17) is 28.9 Å². The minimum atomic E-state index is -0.962. The summed E-state index contributed by atoms with van der Waals surface area (Å²) in [5.41, 5.74) is 6.62. The fourth-order valence-electron chi connectivity index (χ4n) is 2.16. The van der Waals surface area contributed by atoms with E-state index in [1.165, 1.54) is 6.07 Å². The number of hydrogen-bond donors (Lipinski definition) is 2. The molecule has 2 unspecified atom stereocenters. The van der Waals surface area contributed by atoms with Crippen LogP contribution in [0.25, 0.3) is 0 Å². The van der Waals surface area contributed by atoms with Crippen LogP contribution >= 0.6 is 39.1 Å². The first-order valence-electron chi connectivity index (χ1n) is 6.22. The van der Waals surface area contributed by atoms with Crippen LogP contribution in [0.1, 0.15) is 23.1 Å². The van der Waals surface area contributed by atoms with Crippen molar-refractivity contribution >= 4 is 39.1 Å². The highest BCUT2D eigenvalue weighted by molar-refractivity contribution is 9.10. The molecule has 2 aromatic carbocycles. The monoisotopic (exact) mass is 391 g/mol. The molecule has 6 heteroatoms. The highest BCUT2D eigenvalue weighted by Crippen LogP contribution is 2.35. The van der Waals surface area contributed by atoms with Crippen molar-refractivity contribution in [1.82, 2.24) is 0 Å². The first-order chi connectivity index (χ1) is 9.95. The van der Waals surface area contributed by atoms with Gasteiger partial charge in [0.25, 0.3) is 0 Å². The van der Waals surface area contributed by atoms with Gasteiger partial charge in [0, 0.05) is 16.9 Å². The van der Waals surface area contributed by atoms with Crippen LogP contribution in [0.3, 0.4) is 0 Å². The van der Waals surface area contributed by atoms with Crippen molar-refractivity contribution < 1.29 is 9.50 Å². The third kappa shape index (κ3) is 3.58. The largest absolute Gasteiger partial charge is 0.388 e. The van der Waals surface area contributed by atoms with Gasteiger partial charge in [0.15, 0.2) is 0 Å². The number of rotatable bonds is 4. The average Bonchev–Trinajstić information content (AvgIpc) is 2.47. The van der Waals surface area contributed by atoms with Gasteiger partial charge in [-0.1, -0.05) is 41.4 Å². The van der Waals surface area contributed by atoms with Crippen molar-refractivity contribution in [3.63, 3.8) is 0 Å². The zero-order chi connectivity index (χ0) is 15.6. The van der Waals surface area contributed by atoms with Gasteiger partial charge in [-0.25, -0.2) is 4.39 Å². The number of aliphatic hydroxyl groups excluding tert-OH is 1. The maximum absolute atomic E-state index is 14.1. The van der Waals surface area contributed by atoms with E-state index in [0.717, 1.165) is 0 Å². The van der Waals surface area contributed by atoms with E-state index in [0.29, 0.717) is 20.6 Å². The molecule has 0 bridgehead atoms. The van der Waals surface area contributed by atoms with E-state index < -0.39 is 17.8 Å². The predicted octanol–water partition coefficient (Wildman–Crippen LogP) is 4.67. The topological polar surface area (TPSA) is 46.2 Å². The summed E-state index contributed by atoms with van der Waals surface area (Å²) in [5.74, 6) is -1.15. The molecule has 2 nitrogen and oxygen atoms in total. The van der Waals surface area contributed by atoms with Gasteiger partial charge in [0.05, 0.1) is 16.1 Å². The molecule has 0 radical (unpaired) electrons. The number of benzene rings is 2. The van der Waals surface area contributed by atoms with Gasteiger partial charge >= 0.3 is 0 Å². The predicted molar refractivity (Wildman–Crippen MR) is 87.3 cm³/mol. The summed E-state index contributed by atoms with van der Waals surface area (Å²) in [4.78, 5) is 0. The second kappa shape index (κ2) is 7.07. The van der Waals surface area contributed by atoms with Crippen LogP contribution in [-0.2, 0) is 0 Å².